The van der Waals surface area contributed by atoms with Gasteiger partial charge in [0, 0.05) is 12.8 Å². The van der Waals surface area contributed by atoms with Crippen LogP contribution < -0.4 is 0 Å². The molecule has 70 valence electrons. The molecule has 0 N–H and O–H groups in total. The Morgan fingerprint density at radius 2 is 2.31 bits per heavy atom. The van der Waals surface area contributed by atoms with Crippen molar-refractivity contribution >= 4 is 6.21 Å². The summed E-state index contributed by atoms with van der Waals surface area (Å²) >= 11 is 0. The van der Waals surface area contributed by atoms with Crippen molar-refractivity contribution in [2.24, 2.45) is 10.9 Å². The topological polar surface area (TPSA) is 12.4 Å². The maximum absolute atomic E-state index is 4.17. The second-order valence-electron chi connectivity index (χ2n) is 2.95. The number of hydrogen-bond acceptors (Lipinski definition) is 1. The lowest BCUT2D eigenvalue weighted by molar-refractivity contribution is 0.740. The number of rotatable bonds is 4. The Labute approximate surface area is 81.3 Å². The summed E-state index contributed by atoms with van der Waals surface area (Å²) in [6.45, 7) is 10.4. The van der Waals surface area contributed by atoms with Crippen molar-refractivity contribution < 1.29 is 0 Å². The van der Waals surface area contributed by atoms with Gasteiger partial charge in [-0.3, -0.25) is 4.99 Å². The second-order valence-corrected chi connectivity index (χ2v) is 2.95. The van der Waals surface area contributed by atoms with Gasteiger partial charge in [-0.05, 0) is 25.3 Å². The predicted molar refractivity (Wildman–Crippen MR) is 59.9 cm³/mol. The van der Waals surface area contributed by atoms with Gasteiger partial charge in [0.05, 0.1) is 0 Å². The number of aliphatic imine (C=N–C) groups is 1. The molecule has 1 heteroatoms. The van der Waals surface area contributed by atoms with Gasteiger partial charge in [0.15, 0.2) is 0 Å². The van der Waals surface area contributed by atoms with Crippen LogP contribution in [0.5, 0.6) is 0 Å². The summed E-state index contributed by atoms with van der Waals surface area (Å²) in [6.07, 6.45) is 5.55. The van der Waals surface area contributed by atoms with Crippen LogP contribution in [-0.2, 0) is 0 Å². The van der Waals surface area contributed by atoms with Gasteiger partial charge in [-0.1, -0.05) is 31.6 Å². The van der Waals surface area contributed by atoms with Crippen LogP contribution in [0.25, 0.3) is 0 Å². The second kappa shape index (κ2) is 7.36. The summed E-state index contributed by atoms with van der Waals surface area (Å²) in [5, 5.41) is 0. The van der Waals surface area contributed by atoms with Crippen LogP contribution in [-0.4, -0.2) is 12.8 Å². The van der Waals surface area contributed by atoms with Gasteiger partial charge in [0.1, 0.15) is 0 Å². The van der Waals surface area contributed by atoms with E-state index in [1.807, 2.05) is 13.8 Å². The van der Waals surface area contributed by atoms with Gasteiger partial charge in [-0.15, -0.1) is 5.92 Å². The third-order valence-corrected chi connectivity index (χ3v) is 1.46. The minimum Gasteiger partial charge on any atom is -0.293 e. The molecule has 0 aromatic heterocycles. The van der Waals surface area contributed by atoms with Crippen molar-refractivity contribution in [1.82, 2.24) is 0 Å². The summed E-state index contributed by atoms with van der Waals surface area (Å²) in [5.74, 6) is 6.31. The molecule has 0 aliphatic heterocycles. The van der Waals surface area contributed by atoms with Crippen molar-refractivity contribution in [1.29, 1.82) is 0 Å². The minimum absolute atomic E-state index is 0.442. The minimum atomic E-state index is 0.442. The molecular weight excluding hydrogens is 158 g/mol. The van der Waals surface area contributed by atoms with E-state index in [9.17, 15) is 0 Å². The quantitative estimate of drug-likeness (QED) is 0.460. The Morgan fingerprint density at radius 3 is 2.85 bits per heavy atom. The summed E-state index contributed by atoms with van der Waals surface area (Å²) in [4.78, 5) is 4.17. The highest BCUT2D eigenvalue weighted by atomic mass is 14.7. The zero-order valence-corrected chi connectivity index (χ0v) is 8.67. The fraction of sp³-hybridized carbons (Fsp3) is 0.417. The lowest BCUT2D eigenvalue weighted by atomic mass is 10.1. The van der Waals surface area contributed by atoms with Crippen LogP contribution in [0.3, 0.4) is 0 Å². The highest BCUT2D eigenvalue weighted by Gasteiger charge is 1.94. The lowest BCUT2D eigenvalue weighted by Gasteiger charge is -2.00. The van der Waals surface area contributed by atoms with Gasteiger partial charge in [-0.2, -0.15) is 0 Å². The molecular formula is C12H17N. The Balaban J connectivity index is 4.02. The Bertz CT molecular complexity index is 261. The molecule has 0 fully saturated rings. The third-order valence-electron chi connectivity index (χ3n) is 1.46. The Kier molecular flexibility index (Phi) is 6.63. The largest absolute Gasteiger partial charge is 0.293 e. The van der Waals surface area contributed by atoms with E-state index in [1.165, 1.54) is 0 Å². The van der Waals surface area contributed by atoms with Crippen molar-refractivity contribution in [3.63, 3.8) is 0 Å². The van der Waals surface area contributed by atoms with Gasteiger partial charge >= 0.3 is 0 Å². The van der Waals surface area contributed by atoms with Gasteiger partial charge in [-0.25, -0.2) is 0 Å². The molecule has 0 aliphatic carbocycles. The number of nitrogens with zero attached hydrogens (tertiary/aromatic N) is 1. The van der Waals surface area contributed by atoms with Crippen LogP contribution in [0.2, 0.25) is 0 Å². The molecule has 1 nitrogen and oxygen atoms in total. The van der Waals surface area contributed by atoms with Crippen molar-refractivity contribution in [3.05, 3.63) is 24.3 Å². The molecule has 0 amide bonds. The number of allylic oxidation sites excluding steroid dienone is 2. The lowest BCUT2D eigenvalue weighted by Crippen LogP contribution is -1.95. The molecule has 1 unspecified atom stereocenters. The molecule has 0 rings (SSSR count). The van der Waals surface area contributed by atoms with E-state index in [1.54, 1.807) is 12.3 Å². The molecule has 0 heterocycles. The maximum atomic E-state index is 4.17. The smallest absolute Gasteiger partial charge is 0.0449 e. The molecule has 13 heavy (non-hydrogen) atoms. The van der Waals surface area contributed by atoms with E-state index in [0.717, 1.165) is 12.1 Å². The first-order chi connectivity index (χ1) is 6.20. The monoisotopic (exact) mass is 175 g/mol. The first-order valence-corrected chi connectivity index (χ1v) is 4.42. The van der Waals surface area contributed by atoms with Crippen LogP contribution in [0.15, 0.2) is 29.3 Å². The summed E-state index contributed by atoms with van der Waals surface area (Å²) in [5.41, 5.74) is 1.11. The van der Waals surface area contributed by atoms with Crippen LogP contribution in [0.1, 0.15) is 20.8 Å². The van der Waals surface area contributed by atoms with Gasteiger partial charge in [0.2, 0.25) is 0 Å². The van der Waals surface area contributed by atoms with Crippen LogP contribution in [0, 0.1) is 17.8 Å². The van der Waals surface area contributed by atoms with Crippen LogP contribution >= 0.6 is 0 Å². The molecule has 1 atom stereocenters. The van der Waals surface area contributed by atoms with E-state index in [-0.39, 0.29) is 0 Å². The Hall–Kier alpha value is -1.29. The Morgan fingerprint density at radius 1 is 1.62 bits per heavy atom. The molecule has 0 saturated carbocycles. The zero-order valence-electron chi connectivity index (χ0n) is 8.67. The molecule has 0 bridgehead atoms. The average molecular weight is 175 g/mol. The summed E-state index contributed by atoms with van der Waals surface area (Å²) in [6, 6.07) is 0. The molecule has 0 saturated heterocycles. The maximum Gasteiger partial charge on any atom is 0.0449 e. The molecule has 0 spiro atoms. The fourth-order valence-corrected chi connectivity index (χ4v) is 1.02. The first kappa shape index (κ1) is 11.7. The third kappa shape index (κ3) is 7.08. The highest BCUT2D eigenvalue weighted by molar-refractivity contribution is 5.69. The first-order valence-electron chi connectivity index (χ1n) is 4.42. The van der Waals surface area contributed by atoms with E-state index in [2.05, 4.69) is 36.4 Å². The van der Waals surface area contributed by atoms with E-state index in [4.69, 9.17) is 0 Å². The molecule has 0 aromatic carbocycles. The van der Waals surface area contributed by atoms with Crippen molar-refractivity contribution in [3.8, 4) is 11.8 Å². The average Bonchev–Trinajstić information content (AvgIpc) is 2.05. The van der Waals surface area contributed by atoms with E-state index in [0.29, 0.717) is 5.92 Å². The van der Waals surface area contributed by atoms with Crippen LogP contribution in [0.4, 0.5) is 0 Å². The normalized spacial score (nSPS) is 13.6. The SMILES string of the molecule is C=C/C=N\CC(C)/C=C(/C)C#CC. The highest BCUT2D eigenvalue weighted by Crippen LogP contribution is 2.02. The van der Waals surface area contributed by atoms with E-state index < -0.39 is 0 Å². The molecule has 0 aromatic rings. The summed E-state index contributed by atoms with van der Waals surface area (Å²) in [7, 11) is 0. The summed E-state index contributed by atoms with van der Waals surface area (Å²) < 4.78 is 0. The zero-order chi connectivity index (χ0) is 10.1. The van der Waals surface area contributed by atoms with Crippen molar-refractivity contribution in [2.75, 3.05) is 6.54 Å². The van der Waals surface area contributed by atoms with E-state index >= 15 is 0 Å². The number of hydrogen-bond donors (Lipinski definition) is 0. The van der Waals surface area contributed by atoms with Gasteiger partial charge in [0.25, 0.3) is 0 Å². The molecule has 0 aliphatic rings. The fourth-order valence-electron chi connectivity index (χ4n) is 1.02. The molecule has 0 radical (unpaired) electrons. The van der Waals surface area contributed by atoms with Gasteiger partial charge < -0.3 is 0 Å². The standard InChI is InChI=1S/C12H17N/c1-5-7-11(3)9-12(4)10-13-8-6-2/h6,8-9,12H,2,10H2,1,3-4H3/b11-9-,13-8-. The van der Waals surface area contributed by atoms with Crippen molar-refractivity contribution in [2.45, 2.75) is 20.8 Å². The predicted octanol–water partition coefficient (Wildman–Crippen LogP) is 2.85.